The van der Waals surface area contributed by atoms with Gasteiger partial charge in [0.05, 0.1) is 23.4 Å². The molecule has 0 aliphatic rings. The first-order valence-corrected chi connectivity index (χ1v) is 15.0. The van der Waals surface area contributed by atoms with Crippen LogP contribution in [0.5, 0.6) is 0 Å². The van der Waals surface area contributed by atoms with E-state index in [9.17, 15) is 14.7 Å². The number of hydrogen-bond donors (Lipinski definition) is 2. The molecule has 0 radical (unpaired) electrons. The average Bonchev–Trinajstić information content (AvgIpc) is 2.96. The Balaban J connectivity index is 1.45. The molecule has 1 aromatic heterocycles. The first kappa shape index (κ1) is 32.7. The number of carbonyl (C=O) groups is 2. The Kier molecular flexibility index (Phi) is 12.0. The highest BCUT2D eigenvalue weighted by Crippen LogP contribution is 2.31. The molecular formula is C36H46N2O4. The lowest BCUT2D eigenvalue weighted by atomic mass is 9.79. The highest BCUT2D eigenvalue weighted by Gasteiger charge is 2.37. The second kappa shape index (κ2) is 15.5. The predicted octanol–water partition coefficient (Wildman–Crippen LogP) is 8.31. The zero-order valence-electron chi connectivity index (χ0n) is 25.8. The third-order valence-corrected chi connectivity index (χ3v) is 7.83. The number of carboxylic acids is 1. The molecule has 0 unspecified atom stereocenters. The molecule has 0 aliphatic heterocycles. The third kappa shape index (κ3) is 9.95. The summed E-state index contributed by atoms with van der Waals surface area (Å²) in [6.07, 6.45) is 7.76. The number of unbranched alkanes of at least 4 members (excludes halogenated alkanes) is 1. The van der Waals surface area contributed by atoms with Crippen molar-refractivity contribution in [3.05, 3.63) is 94.8 Å². The number of nitrogens with zero attached hydrogens (tertiary/aromatic N) is 1. The van der Waals surface area contributed by atoms with E-state index in [0.29, 0.717) is 31.7 Å². The Bertz CT molecular complexity index is 1340. The van der Waals surface area contributed by atoms with Gasteiger partial charge in [-0.05, 0) is 84.6 Å². The van der Waals surface area contributed by atoms with Gasteiger partial charge in [0.1, 0.15) is 0 Å². The van der Waals surface area contributed by atoms with Crippen molar-refractivity contribution in [3.8, 4) is 0 Å². The zero-order chi connectivity index (χ0) is 30.6. The van der Waals surface area contributed by atoms with Crippen LogP contribution in [0.1, 0.15) is 94.8 Å². The summed E-state index contributed by atoms with van der Waals surface area (Å²) in [7, 11) is 0. The molecule has 0 bridgehead atoms. The zero-order valence-corrected chi connectivity index (χ0v) is 25.8. The number of ether oxygens (including phenoxy) is 1. The molecular weight excluding hydrogens is 524 g/mol. The summed E-state index contributed by atoms with van der Waals surface area (Å²) in [4.78, 5) is 29.1. The molecule has 0 aliphatic carbocycles. The minimum absolute atomic E-state index is 0.0559. The van der Waals surface area contributed by atoms with Gasteiger partial charge in [-0.25, -0.2) is 0 Å². The molecule has 42 heavy (non-hydrogen) atoms. The van der Waals surface area contributed by atoms with E-state index in [2.05, 4.69) is 50.4 Å². The van der Waals surface area contributed by atoms with E-state index in [0.717, 1.165) is 36.2 Å². The SMILES string of the molecule is CCC(CC)(CC(=O)Nc1cccc(/C=C/c2cccc(COCCCCc3ccc(C(C)(C)C)cc3)n2)c1)C(=O)O. The van der Waals surface area contributed by atoms with E-state index in [-0.39, 0.29) is 17.7 Å². The number of benzene rings is 2. The largest absolute Gasteiger partial charge is 0.481 e. The van der Waals surface area contributed by atoms with Crippen LogP contribution in [0.2, 0.25) is 0 Å². The highest BCUT2D eigenvalue weighted by atomic mass is 16.5. The molecule has 2 aromatic carbocycles. The van der Waals surface area contributed by atoms with E-state index in [1.807, 2.05) is 48.6 Å². The number of anilines is 1. The second-order valence-electron chi connectivity index (χ2n) is 12.0. The summed E-state index contributed by atoms with van der Waals surface area (Å²) < 4.78 is 5.89. The lowest BCUT2D eigenvalue weighted by Crippen LogP contribution is -2.34. The van der Waals surface area contributed by atoms with E-state index in [1.54, 1.807) is 19.9 Å². The first-order valence-electron chi connectivity index (χ1n) is 15.0. The van der Waals surface area contributed by atoms with Gasteiger partial charge in [0, 0.05) is 18.7 Å². The van der Waals surface area contributed by atoms with Crippen molar-refractivity contribution in [2.45, 2.75) is 85.2 Å². The molecule has 1 amide bonds. The lowest BCUT2D eigenvalue weighted by Gasteiger charge is -2.25. The Morgan fingerprint density at radius 3 is 2.31 bits per heavy atom. The fraction of sp³-hybridized carbons (Fsp3) is 0.417. The Morgan fingerprint density at radius 2 is 1.64 bits per heavy atom. The number of pyridine rings is 1. The van der Waals surface area contributed by atoms with Gasteiger partial charge in [-0.3, -0.25) is 14.6 Å². The molecule has 0 atom stereocenters. The summed E-state index contributed by atoms with van der Waals surface area (Å²) in [6.45, 7) is 11.5. The van der Waals surface area contributed by atoms with Crippen LogP contribution in [-0.2, 0) is 32.8 Å². The Labute approximate surface area is 251 Å². The van der Waals surface area contributed by atoms with E-state index in [1.165, 1.54) is 11.1 Å². The fourth-order valence-corrected chi connectivity index (χ4v) is 4.85. The van der Waals surface area contributed by atoms with Gasteiger partial charge in [0.2, 0.25) is 5.91 Å². The van der Waals surface area contributed by atoms with E-state index < -0.39 is 11.4 Å². The number of nitrogens with one attached hydrogen (secondary N) is 1. The molecule has 2 N–H and O–H groups in total. The predicted molar refractivity (Wildman–Crippen MR) is 171 cm³/mol. The monoisotopic (exact) mass is 570 g/mol. The van der Waals surface area contributed by atoms with Crippen molar-refractivity contribution in [2.24, 2.45) is 5.41 Å². The smallest absolute Gasteiger partial charge is 0.310 e. The van der Waals surface area contributed by atoms with Crippen LogP contribution in [0, 0.1) is 5.41 Å². The molecule has 3 aromatic rings. The maximum atomic E-state index is 12.6. The number of hydrogen-bond acceptors (Lipinski definition) is 4. The Hall–Kier alpha value is -3.77. The van der Waals surface area contributed by atoms with Crippen molar-refractivity contribution in [3.63, 3.8) is 0 Å². The molecule has 224 valence electrons. The first-order chi connectivity index (χ1) is 20.0. The van der Waals surface area contributed by atoms with Gasteiger partial charge < -0.3 is 15.2 Å². The molecule has 3 rings (SSSR count). The van der Waals surface area contributed by atoms with Crippen molar-refractivity contribution in [2.75, 3.05) is 11.9 Å². The topological polar surface area (TPSA) is 88.5 Å². The maximum absolute atomic E-state index is 12.6. The molecule has 0 spiro atoms. The number of aryl methyl sites for hydroxylation is 1. The molecule has 6 heteroatoms. The molecule has 0 fully saturated rings. The standard InChI is InChI=1S/C36H46N2O4/c1-6-36(7-2,34(40)41)25-33(39)38-31-15-10-13-28(24-31)19-22-30-14-11-16-32(37-30)26-42-23-9-8-12-27-17-20-29(21-18-27)35(3,4)5/h10-11,13-22,24H,6-9,12,23,25-26H2,1-5H3,(H,38,39)(H,40,41)/b22-19+. The maximum Gasteiger partial charge on any atom is 0.310 e. The van der Waals surface area contributed by atoms with Gasteiger partial charge in [-0.1, -0.05) is 83.2 Å². The number of amides is 1. The fourth-order valence-electron chi connectivity index (χ4n) is 4.85. The second-order valence-corrected chi connectivity index (χ2v) is 12.0. The molecule has 0 saturated heterocycles. The van der Waals surface area contributed by atoms with Gasteiger partial charge >= 0.3 is 5.97 Å². The number of carboxylic acid groups (broad SMARTS) is 1. The summed E-state index contributed by atoms with van der Waals surface area (Å²) in [5.74, 6) is -1.23. The normalized spacial score (nSPS) is 12.0. The van der Waals surface area contributed by atoms with Gasteiger partial charge in [0.15, 0.2) is 0 Å². The summed E-state index contributed by atoms with van der Waals surface area (Å²) in [6, 6.07) is 22.3. The van der Waals surface area contributed by atoms with E-state index in [4.69, 9.17) is 9.72 Å². The lowest BCUT2D eigenvalue weighted by molar-refractivity contribution is -0.151. The summed E-state index contributed by atoms with van der Waals surface area (Å²) in [5.41, 5.74) is 5.10. The van der Waals surface area contributed by atoms with Crippen LogP contribution >= 0.6 is 0 Å². The number of aliphatic carboxylic acids is 1. The van der Waals surface area contributed by atoms with Crippen LogP contribution < -0.4 is 5.32 Å². The molecule has 0 saturated carbocycles. The number of aromatic nitrogens is 1. The van der Waals surface area contributed by atoms with Crippen molar-refractivity contribution >= 4 is 29.7 Å². The van der Waals surface area contributed by atoms with Crippen LogP contribution in [-0.4, -0.2) is 28.6 Å². The van der Waals surface area contributed by atoms with Gasteiger partial charge in [0.25, 0.3) is 0 Å². The van der Waals surface area contributed by atoms with Crippen molar-refractivity contribution < 1.29 is 19.4 Å². The quantitative estimate of drug-likeness (QED) is 0.179. The van der Waals surface area contributed by atoms with Crippen LogP contribution in [0.25, 0.3) is 12.2 Å². The van der Waals surface area contributed by atoms with Crippen molar-refractivity contribution in [1.82, 2.24) is 4.98 Å². The third-order valence-electron chi connectivity index (χ3n) is 7.83. The van der Waals surface area contributed by atoms with Gasteiger partial charge in [-0.15, -0.1) is 0 Å². The molecule has 1 heterocycles. The van der Waals surface area contributed by atoms with Crippen LogP contribution in [0.3, 0.4) is 0 Å². The van der Waals surface area contributed by atoms with Crippen molar-refractivity contribution in [1.29, 1.82) is 0 Å². The minimum Gasteiger partial charge on any atom is -0.481 e. The van der Waals surface area contributed by atoms with Crippen LogP contribution in [0.4, 0.5) is 5.69 Å². The molecule has 6 nitrogen and oxygen atoms in total. The Morgan fingerprint density at radius 1 is 0.929 bits per heavy atom. The minimum atomic E-state index is -1.04. The van der Waals surface area contributed by atoms with E-state index >= 15 is 0 Å². The summed E-state index contributed by atoms with van der Waals surface area (Å²) >= 11 is 0. The number of rotatable bonds is 15. The van der Waals surface area contributed by atoms with Crippen LogP contribution in [0.15, 0.2) is 66.7 Å². The van der Waals surface area contributed by atoms with Gasteiger partial charge in [-0.2, -0.15) is 0 Å². The highest BCUT2D eigenvalue weighted by molar-refractivity contribution is 5.94. The number of carbonyl (C=O) groups excluding carboxylic acids is 1. The summed E-state index contributed by atoms with van der Waals surface area (Å²) in [5, 5.41) is 12.5. The average molecular weight is 571 g/mol.